The van der Waals surface area contributed by atoms with Gasteiger partial charge in [-0.3, -0.25) is 0 Å². The first-order chi connectivity index (χ1) is 14.5. The molecular weight excluding hydrogens is 388 g/mol. The van der Waals surface area contributed by atoms with Crippen molar-refractivity contribution in [3.05, 3.63) is 107 Å². The van der Waals surface area contributed by atoms with Gasteiger partial charge in [0.1, 0.15) is 0 Å². The molecule has 0 radical (unpaired) electrons. The Morgan fingerprint density at radius 3 is 1.40 bits per heavy atom. The van der Waals surface area contributed by atoms with Crippen LogP contribution in [0.3, 0.4) is 0 Å². The molecule has 2 aromatic carbocycles. The fourth-order valence-corrected chi connectivity index (χ4v) is 4.02. The Hall–Kier alpha value is -2.62. The van der Waals surface area contributed by atoms with Crippen molar-refractivity contribution in [2.75, 3.05) is 0 Å². The summed E-state index contributed by atoms with van der Waals surface area (Å²) in [5, 5.41) is 0. The van der Waals surface area contributed by atoms with E-state index < -0.39 is 23.3 Å². The van der Waals surface area contributed by atoms with Crippen LogP contribution in [0.4, 0.5) is 17.6 Å². The van der Waals surface area contributed by atoms with Crippen molar-refractivity contribution in [2.45, 2.75) is 50.4 Å². The van der Waals surface area contributed by atoms with Gasteiger partial charge in [-0.15, -0.1) is 13.2 Å². The molecule has 0 N–H and O–H groups in total. The molecular formula is C26H26F4. The summed E-state index contributed by atoms with van der Waals surface area (Å²) in [5.74, 6) is -3.85. The minimum Gasteiger partial charge on any atom is -0.203 e. The zero-order valence-corrected chi connectivity index (χ0v) is 16.9. The Labute approximate surface area is 175 Å². The number of hydrogen-bond acceptors (Lipinski definition) is 0. The Bertz CT molecular complexity index is 880. The number of allylic oxidation sites excluding steroid dienone is 4. The highest BCUT2D eigenvalue weighted by atomic mass is 19.2. The van der Waals surface area contributed by atoms with Crippen LogP contribution >= 0.6 is 0 Å². The standard InChI is InChI=1S/C26H26F4/c1-3-5-7-19-13-15-21(25(29)23(19)27)17-9-11-18(12-10-17)22-16-14-20(8-6-4-2)24(28)26(22)30/h3-4,9,11,13-18H,1-2,5-8,10,12H2. The van der Waals surface area contributed by atoms with Gasteiger partial charge in [-0.05, 0) is 60.8 Å². The van der Waals surface area contributed by atoms with Gasteiger partial charge in [0.2, 0.25) is 0 Å². The number of benzene rings is 2. The van der Waals surface area contributed by atoms with Crippen LogP contribution < -0.4 is 0 Å². The highest BCUT2D eigenvalue weighted by molar-refractivity contribution is 5.36. The lowest BCUT2D eigenvalue weighted by molar-refractivity contribution is 0.467. The van der Waals surface area contributed by atoms with Gasteiger partial charge in [0.05, 0.1) is 0 Å². The number of hydrogen-bond donors (Lipinski definition) is 0. The maximum absolute atomic E-state index is 14.6. The van der Waals surface area contributed by atoms with Crippen molar-refractivity contribution < 1.29 is 17.6 Å². The monoisotopic (exact) mass is 414 g/mol. The van der Waals surface area contributed by atoms with E-state index in [0.717, 1.165) is 0 Å². The lowest BCUT2D eigenvalue weighted by Crippen LogP contribution is -2.11. The Morgan fingerprint density at radius 2 is 1.07 bits per heavy atom. The van der Waals surface area contributed by atoms with Crippen molar-refractivity contribution in [2.24, 2.45) is 0 Å². The molecule has 30 heavy (non-hydrogen) atoms. The van der Waals surface area contributed by atoms with Crippen LogP contribution in [0.15, 0.2) is 61.7 Å². The van der Waals surface area contributed by atoms with Crippen LogP contribution in [0.1, 0.15) is 59.8 Å². The average molecular weight is 414 g/mol. The first-order valence-corrected chi connectivity index (χ1v) is 10.3. The third-order valence-corrected chi connectivity index (χ3v) is 5.78. The molecule has 0 fully saturated rings. The summed E-state index contributed by atoms with van der Waals surface area (Å²) in [5.41, 5.74) is 1.28. The summed E-state index contributed by atoms with van der Waals surface area (Å²) in [6.45, 7) is 7.20. The molecule has 2 aromatic rings. The minimum absolute atomic E-state index is 0.288. The molecule has 0 spiro atoms. The molecule has 0 heterocycles. The van der Waals surface area contributed by atoms with E-state index in [2.05, 4.69) is 13.2 Å². The van der Waals surface area contributed by atoms with Crippen LogP contribution in [0.5, 0.6) is 0 Å². The highest BCUT2D eigenvalue weighted by Crippen LogP contribution is 2.38. The summed E-state index contributed by atoms with van der Waals surface area (Å²) >= 11 is 0. The molecule has 3 rings (SSSR count). The molecule has 158 valence electrons. The third kappa shape index (κ3) is 4.58. The van der Waals surface area contributed by atoms with Crippen molar-refractivity contribution in [3.63, 3.8) is 0 Å². The Balaban J connectivity index is 1.79. The van der Waals surface area contributed by atoms with E-state index in [1.54, 1.807) is 48.6 Å². The second-order valence-electron chi connectivity index (χ2n) is 7.71. The van der Waals surface area contributed by atoms with Crippen molar-refractivity contribution in [1.29, 1.82) is 0 Å². The molecule has 1 aliphatic rings. The maximum Gasteiger partial charge on any atom is 0.162 e. The van der Waals surface area contributed by atoms with E-state index >= 15 is 0 Å². The van der Waals surface area contributed by atoms with Gasteiger partial charge in [-0.2, -0.15) is 0 Å². The van der Waals surface area contributed by atoms with E-state index in [0.29, 0.717) is 60.8 Å². The quantitative estimate of drug-likeness (QED) is 0.307. The first-order valence-electron chi connectivity index (χ1n) is 10.3. The van der Waals surface area contributed by atoms with Gasteiger partial charge in [-0.1, -0.05) is 48.6 Å². The van der Waals surface area contributed by atoms with E-state index in [4.69, 9.17) is 0 Å². The van der Waals surface area contributed by atoms with E-state index in [-0.39, 0.29) is 11.8 Å². The number of halogens is 4. The molecule has 0 aromatic heterocycles. The highest BCUT2D eigenvalue weighted by Gasteiger charge is 2.26. The second kappa shape index (κ2) is 9.92. The first kappa shape index (κ1) is 22.1. The van der Waals surface area contributed by atoms with Gasteiger partial charge >= 0.3 is 0 Å². The summed E-state index contributed by atoms with van der Waals surface area (Å²) in [4.78, 5) is 0. The zero-order chi connectivity index (χ0) is 21.7. The number of rotatable bonds is 8. The minimum atomic E-state index is -0.826. The molecule has 0 amide bonds. The van der Waals surface area contributed by atoms with E-state index in [1.807, 2.05) is 0 Å². The summed E-state index contributed by atoms with van der Waals surface area (Å²) in [6.07, 6.45) is 9.92. The van der Waals surface area contributed by atoms with Crippen LogP contribution in [0.2, 0.25) is 0 Å². The van der Waals surface area contributed by atoms with Crippen LogP contribution in [0.25, 0.3) is 0 Å². The van der Waals surface area contributed by atoms with Gasteiger partial charge in [0.15, 0.2) is 23.3 Å². The second-order valence-corrected chi connectivity index (χ2v) is 7.71. The van der Waals surface area contributed by atoms with Gasteiger partial charge in [0.25, 0.3) is 0 Å². The van der Waals surface area contributed by atoms with Gasteiger partial charge < -0.3 is 0 Å². The molecule has 0 bridgehead atoms. The van der Waals surface area contributed by atoms with Crippen LogP contribution in [-0.2, 0) is 12.8 Å². The van der Waals surface area contributed by atoms with E-state index in [1.165, 1.54) is 0 Å². The molecule has 4 heteroatoms. The third-order valence-electron chi connectivity index (χ3n) is 5.78. The lowest BCUT2D eigenvalue weighted by Gasteiger charge is -2.25. The Kier molecular flexibility index (Phi) is 7.30. The molecule has 2 atom stereocenters. The molecule has 0 saturated heterocycles. The molecule has 1 aliphatic carbocycles. The lowest BCUT2D eigenvalue weighted by atomic mass is 9.80. The number of aryl methyl sites for hydroxylation is 2. The van der Waals surface area contributed by atoms with Crippen molar-refractivity contribution in [3.8, 4) is 0 Å². The van der Waals surface area contributed by atoms with Crippen molar-refractivity contribution in [1.82, 2.24) is 0 Å². The smallest absolute Gasteiger partial charge is 0.162 e. The molecule has 0 saturated carbocycles. The fourth-order valence-electron chi connectivity index (χ4n) is 4.02. The predicted octanol–water partition coefficient (Wildman–Crippen LogP) is 7.70. The summed E-state index contributed by atoms with van der Waals surface area (Å²) in [6, 6.07) is 6.49. The summed E-state index contributed by atoms with van der Waals surface area (Å²) < 4.78 is 58.0. The largest absolute Gasteiger partial charge is 0.203 e. The van der Waals surface area contributed by atoms with Crippen molar-refractivity contribution >= 4 is 0 Å². The average Bonchev–Trinajstić information content (AvgIpc) is 2.76. The Morgan fingerprint density at radius 1 is 0.667 bits per heavy atom. The molecule has 2 unspecified atom stereocenters. The van der Waals surface area contributed by atoms with Crippen LogP contribution in [0, 0.1) is 23.3 Å². The zero-order valence-electron chi connectivity index (χ0n) is 16.9. The van der Waals surface area contributed by atoms with Gasteiger partial charge in [-0.25, -0.2) is 17.6 Å². The molecule has 0 nitrogen and oxygen atoms in total. The SMILES string of the molecule is C=CCCc1ccc(C2C=CC(c3ccc(CCC=C)c(F)c3F)CC2)c(F)c1F. The van der Waals surface area contributed by atoms with Crippen LogP contribution in [-0.4, -0.2) is 0 Å². The maximum atomic E-state index is 14.6. The molecule has 0 aliphatic heterocycles. The fraction of sp³-hybridized carbons (Fsp3) is 0.308. The normalized spacial score (nSPS) is 18.4. The van der Waals surface area contributed by atoms with E-state index in [9.17, 15) is 17.6 Å². The van der Waals surface area contributed by atoms with Gasteiger partial charge in [0, 0.05) is 11.8 Å². The predicted molar refractivity (Wildman–Crippen MR) is 114 cm³/mol. The topological polar surface area (TPSA) is 0 Å². The summed E-state index contributed by atoms with van der Waals surface area (Å²) in [7, 11) is 0.